The molecule has 0 aliphatic heterocycles. The van der Waals surface area contributed by atoms with Crippen molar-refractivity contribution >= 4 is 26.3 Å². The molecule has 0 saturated heterocycles. The van der Waals surface area contributed by atoms with Gasteiger partial charge in [0.15, 0.2) is 0 Å². The number of allylic oxidation sites excluding steroid dienone is 1. The summed E-state index contributed by atoms with van der Waals surface area (Å²) in [5.74, 6) is 0.210. The van der Waals surface area contributed by atoms with Crippen molar-refractivity contribution in [3.05, 3.63) is 149 Å². The van der Waals surface area contributed by atoms with Crippen LogP contribution in [-0.4, -0.2) is 0 Å². The average Bonchev–Trinajstić information content (AvgIpc) is 3.29. The zero-order chi connectivity index (χ0) is 22.7. The first-order chi connectivity index (χ1) is 16.9. The predicted molar refractivity (Wildman–Crippen MR) is 137 cm³/mol. The summed E-state index contributed by atoms with van der Waals surface area (Å²) in [6.07, 6.45) is 2.37. The zero-order valence-corrected chi connectivity index (χ0v) is 22.6. The maximum Gasteiger partial charge on any atom is -1.00 e. The van der Waals surface area contributed by atoms with Gasteiger partial charge < -0.3 is 24.8 Å². The van der Waals surface area contributed by atoms with Crippen LogP contribution in [0.1, 0.15) is 33.7 Å². The van der Waals surface area contributed by atoms with Gasteiger partial charge in [0.25, 0.3) is 0 Å². The number of rotatable bonds is 6. The summed E-state index contributed by atoms with van der Waals surface area (Å²) in [5.41, 5.74) is 7.96. The van der Waals surface area contributed by atoms with Crippen molar-refractivity contribution in [3.63, 3.8) is 0 Å². The average molecular weight is 543 g/mol. The van der Waals surface area contributed by atoms with E-state index in [1.165, 1.54) is 48.0 Å². The molecule has 5 aromatic carbocycles. The second-order valence-corrected chi connectivity index (χ2v) is 10.2. The molecule has 36 heavy (non-hydrogen) atoms. The van der Waals surface area contributed by atoms with Crippen molar-refractivity contribution in [1.29, 1.82) is 0 Å². The summed E-state index contributed by atoms with van der Waals surface area (Å²) < 4.78 is 7.85. The fourth-order valence-corrected chi connectivity index (χ4v) is 6.61. The minimum atomic E-state index is -0.815. The predicted octanol–water partition coefficient (Wildman–Crippen LogP) is 1.37. The van der Waals surface area contributed by atoms with Gasteiger partial charge in [0.1, 0.15) is 0 Å². The van der Waals surface area contributed by atoms with E-state index in [0.29, 0.717) is 6.61 Å². The molecule has 0 aromatic heterocycles. The standard InChI is InChI=1S/C25H17.C7H7O.2ClH.Ti/c1-2-9-19(10-3-1)24-17-21-12-6-7-13-23(21)25(24)22-15-14-18-8-4-5-11-20(18)16-22;8-6-7-4-2-1-3-5-7;;;/h1-15,17,25H;1-5H,6H2;2*1H;/q;-1;;;+3/p-2. The molecule has 176 valence electrons. The van der Waals surface area contributed by atoms with E-state index in [2.05, 4.69) is 127 Å². The van der Waals surface area contributed by atoms with Gasteiger partial charge in [-0.1, -0.05) is 0 Å². The minimum absolute atomic E-state index is 0. The molecule has 0 spiro atoms. The number of benzene rings is 5. The summed E-state index contributed by atoms with van der Waals surface area (Å²) in [6.45, 7) is 0.659. The molecule has 0 heterocycles. The van der Waals surface area contributed by atoms with Gasteiger partial charge in [-0.05, 0) is 0 Å². The molecule has 1 aliphatic rings. The van der Waals surface area contributed by atoms with Crippen molar-refractivity contribution in [2.24, 2.45) is 0 Å². The second-order valence-electron chi connectivity index (χ2n) is 8.65. The number of hydrogen-bond acceptors (Lipinski definition) is 1. The Balaban J connectivity index is 0.00000152. The minimum Gasteiger partial charge on any atom is -1.00 e. The van der Waals surface area contributed by atoms with Crippen LogP contribution in [0.3, 0.4) is 0 Å². The third-order valence-corrected chi connectivity index (χ3v) is 8.21. The van der Waals surface area contributed by atoms with Crippen LogP contribution in [0.25, 0.3) is 22.4 Å². The Morgan fingerprint density at radius 2 is 1.28 bits per heavy atom. The van der Waals surface area contributed by atoms with Gasteiger partial charge in [-0.25, -0.2) is 0 Å². The summed E-state index contributed by atoms with van der Waals surface area (Å²) in [7, 11) is 0. The fraction of sp³-hybridized carbons (Fsp3) is 0.0625. The van der Waals surface area contributed by atoms with Crippen molar-refractivity contribution in [2.45, 2.75) is 12.5 Å². The van der Waals surface area contributed by atoms with E-state index in [1.807, 2.05) is 0 Å². The van der Waals surface area contributed by atoms with E-state index in [1.54, 1.807) is 0 Å². The molecule has 0 saturated carbocycles. The Labute approximate surface area is 234 Å². The molecule has 0 amide bonds. The van der Waals surface area contributed by atoms with Crippen LogP contribution in [-0.2, 0) is 29.5 Å². The Morgan fingerprint density at radius 1 is 0.611 bits per heavy atom. The van der Waals surface area contributed by atoms with Crippen molar-refractivity contribution in [1.82, 2.24) is 0 Å². The maximum atomic E-state index is 6.45. The van der Waals surface area contributed by atoms with Gasteiger partial charge in [-0.3, -0.25) is 0 Å². The topological polar surface area (TPSA) is 9.23 Å². The molecule has 0 fully saturated rings. The molecule has 4 heteroatoms. The second kappa shape index (κ2) is 12.1. The first-order valence-corrected chi connectivity index (χ1v) is 13.1. The number of halogens is 2. The molecule has 1 unspecified atom stereocenters. The van der Waals surface area contributed by atoms with Crippen molar-refractivity contribution in [3.8, 4) is 0 Å². The Kier molecular flexibility index (Phi) is 8.85. The summed E-state index contributed by atoms with van der Waals surface area (Å²) in [5, 5.41) is 2.61. The van der Waals surface area contributed by atoms with E-state index < -0.39 is 19.5 Å². The number of hydrogen-bond donors (Lipinski definition) is 0. The van der Waals surface area contributed by atoms with Gasteiger partial charge in [0.2, 0.25) is 0 Å². The van der Waals surface area contributed by atoms with E-state index in [9.17, 15) is 0 Å². The normalized spacial score (nSPS) is 13.7. The molecule has 6 rings (SSSR count). The maximum absolute atomic E-state index is 6.45. The Bertz CT molecular complexity index is 1480. The van der Waals surface area contributed by atoms with Gasteiger partial charge in [-0.15, -0.1) is 0 Å². The Morgan fingerprint density at radius 3 is 2.08 bits per heavy atom. The third kappa shape index (κ3) is 5.23. The van der Waals surface area contributed by atoms with Gasteiger partial charge in [0.05, 0.1) is 0 Å². The van der Waals surface area contributed by atoms with E-state index in [4.69, 9.17) is 3.32 Å². The van der Waals surface area contributed by atoms with Crippen LogP contribution < -0.4 is 28.7 Å². The molecule has 5 aromatic rings. The zero-order valence-electron chi connectivity index (χ0n) is 19.6. The van der Waals surface area contributed by atoms with Crippen molar-refractivity contribution < 1.29 is 47.7 Å². The Hall–Kier alpha value is -2.65. The van der Waals surface area contributed by atoms with E-state index in [0.717, 1.165) is 0 Å². The number of fused-ring (bicyclic) bond motifs is 2. The molecule has 1 nitrogen and oxygen atoms in total. The van der Waals surface area contributed by atoms with Crippen LogP contribution in [0.2, 0.25) is 0 Å². The smallest absolute Gasteiger partial charge is 1.00 e. The van der Waals surface area contributed by atoms with Crippen LogP contribution in [0.4, 0.5) is 0 Å². The van der Waals surface area contributed by atoms with Gasteiger partial charge in [-0.2, -0.15) is 0 Å². The monoisotopic (exact) mass is 542 g/mol. The molecule has 1 atom stereocenters. The molecule has 0 radical (unpaired) electrons. The van der Waals surface area contributed by atoms with Gasteiger partial charge >= 0.3 is 211 Å². The molecule has 0 N–H and O–H groups in total. The molecule has 1 aliphatic carbocycles. The first-order valence-electron chi connectivity index (χ1n) is 11.7. The first kappa shape index (κ1) is 26.4. The van der Waals surface area contributed by atoms with Crippen LogP contribution in [0.5, 0.6) is 0 Å². The van der Waals surface area contributed by atoms with Crippen LogP contribution in [0.15, 0.2) is 121 Å². The third-order valence-electron chi connectivity index (χ3n) is 6.56. The molecular formula is C32H24Cl2OTi. The molecule has 0 bridgehead atoms. The molecular weight excluding hydrogens is 519 g/mol. The fourth-order valence-electron chi connectivity index (χ4n) is 4.95. The van der Waals surface area contributed by atoms with E-state index >= 15 is 0 Å². The van der Waals surface area contributed by atoms with Crippen LogP contribution in [0, 0.1) is 0 Å². The summed E-state index contributed by atoms with van der Waals surface area (Å²) >= 11 is -0.815. The summed E-state index contributed by atoms with van der Waals surface area (Å²) in [6, 6.07) is 43.5. The van der Waals surface area contributed by atoms with Crippen molar-refractivity contribution in [2.75, 3.05) is 0 Å². The largest absolute Gasteiger partial charge is 1.00 e. The quantitative estimate of drug-likeness (QED) is 0.295. The van der Waals surface area contributed by atoms with Crippen LogP contribution >= 0.6 is 0 Å². The SMILES string of the molecule is C1=C(c2ccccc2)C(c2ccc3ccccc3[c]2[Ti+2][O]Cc2ccccc2)c2ccccc21.[Cl-].[Cl-]. The van der Waals surface area contributed by atoms with Gasteiger partial charge in [0, 0.05) is 0 Å². The van der Waals surface area contributed by atoms with E-state index in [-0.39, 0.29) is 30.7 Å². The summed E-state index contributed by atoms with van der Waals surface area (Å²) in [4.78, 5) is 0.